The van der Waals surface area contributed by atoms with Crippen LogP contribution in [0.5, 0.6) is 0 Å². The van der Waals surface area contributed by atoms with Gasteiger partial charge < -0.3 is 9.88 Å². The Morgan fingerprint density at radius 1 is 1.19 bits per heavy atom. The summed E-state index contributed by atoms with van der Waals surface area (Å²) in [5, 5.41) is 0. The number of hydrogen-bond donors (Lipinski definition) is 1. The van der Waals surface area contributed by atoms with Crippen molar-refractivity contribution in [2.45, 2.75) is 25.8 Å². The van der Waals surface area contributed by atoms with Gasteiger partial charge in [-0.05, 0) is 31.9 Å². The summed E-state index contributed by atoms with van der Waals surface area (Å²) in [6, 6.07) is 6.55. The highest BCUT2D eigenvalue weighted by Crippen LogP contribution is 2.31. The number of H-pyrrole nitrogens is 1. The summed E-state index contributed by atoms with van der Waals surface area (Å²) < 4.78 is 0. The predicted octanol–water partition coefficient (Wildman–Crippen LogP) is 1.91. The van der Waals surface area contributed by atoms with E-state index >= 15 is 0 Å². The van der Waals surface area contributed by atoms with Crippen LogP contribution in [0.4, 0.5) is 0 Å². The molecule has 3 aromatic heterocycles. The Balaban J connectivity index is 1.68. The monoisotopic (exact) mass is 362 g/mol. The maximum Gasteiger partial charge on any atom is 0.274 e. The third kappa shape index (κ3) is 3.46. The molecule has 4 heterocycles. The van der Waals surface area contributed by atoms with Gasteiger partial charge in [-0.2, -0.15) is 0 Å². The van der Waals surface area contributed by atoms with Crippen molar-refractivity contribution in [3.63, 3.8) is 0 Å². The van der Waals surface area contributed by atoms with Crippen molar-refractivity contribution in [3.05, 3.63) is 70.4 Å². The highest BCUT2D eigenvalue weighted by atomic mass is 16.2. The van der Waals surface area contributed by atoms with E-state index in [1.807, 2.05) is 13.0 Å². The molecule has 3 aromatic rings. The summed E-state index contributed by atoms with van der Waals surface area (Å²) in [6.45, 7) is 2.40. The highest BCUT2D eigenvalue weighted by Gasteiger charge is 2.33. The molecule has 0 spiro atoms. The van der Waals surface area contributed by atoms with Gasteiger partial charge in [0.15, 0.2) is 0 Å². The van der Waals surface area contributed by atoms with Crippen LogP contribution in [0.3, 0.4) is 0 Å². The van der Waals surface area contributed by atoms with Gasteiger partial charge in [-0.15, -0.1) is 0 Å². The minimum absolute atomic E-state index is 0.212. The lowest BCUT2D eigenvalue weighted by atomic mass is 10.2. The number of nitrogens with one attached hydrogen (secondary N) is 1. The highest BCUT2D eigenvalue weighted by molar-refractivity contribution is 5.92. The van der Waals surface area contributed by atoms with E-state index in [1.54, 1.807) is 29.4 Å². The molecule has 0 radical (unpaired) electrons. The summed E-state index contributed by atoms with van der Waals surface area (Å²) in [5.74, 6) is 0.255. The van der Waals surface area contributed by atoms with E-state index in [0.29, 0.717) is 23.8 Å². The van der Waals surface area contributed by atoms with Gasteiger partial charge in [-0.1, -0.05) is 6.07 Å². The van der Waals surface area contributed by atoms with Crippen molar-refractivity contribution in [2.75, 3.05) is 6.54 Å². The lowest BCUT2D eigenvalue weighted by Crippen LogP contribution is -2.33. The molecule has 0 saturated carbocycles. The van der Waals surface area contributed by atoms with Gasteiger partial charge in [0.05, 0.1) is 29.3 Å². The van der Waals surface area contributed by atoms with Crippen LogP contribution in [-0.4, -0.2) is 42.3 Å². The van der Waals surface area contributed by atoms with Crippen molar-refractivity contribution in [3.8, 4) is 11.4 Å². The van der Waals surface area contributed by atoms with Gasteiger partial charge in [0.1, 0.15) is 11.5 Å². The van der Waals surface area contributed by atoms with Gasteiger partial charge in [0.25, 0.3) is 11.5 Å². The lowest BCUT2D eigenvalue weighted by molar-refractivity contribution is 0.0723. The first-order chi connectivity index (χ1) is 13.1. The molecule has 1 amide bonds. The number of likely N-dealkylation sites (tertiary alicyclic amines) is 1. The Bertz CT molecular complexity index is 1020. The molecule has 1 aliphatic rings. The van der Waals surface area contributed by atoms with Crippen LogP contribution < -0.4 is 5.56 Å². The molecule has 1 saturated heterocycles. The third-order valence-electron chi connectivity index (χ3n) is 4.52. The van der Waals surface area contributed by atoms with Crippen LogP contribution in [0.2, 0.25) is 0 Å². The molecule has 0 unspecified atom stereocenters. The van der Waals surface area contributed by atoms with E-state index in [4.69, 9.17) is 0 Å². The SMILES string of the molecule is Cc1cnc(C(=O)N2CCC[C@H]2c2nc(-c3ccccn3)cc(=O)[nH]2)cn1. The van der Waals surface area contributed by atoms with Crippen LogP contribution >= 0.6 is 0 Å². The van der Waals surface area contributed by atoms with Crippen LogP contribution in [0.15, 0.2) is 47.7 Å². The summed E-state index contributed by atoms with van der Waals surface area (Å²) in [5.41, 5.74) is 1.87. The molecule has 1 atom stereocenters. The summed E-state index contributed by atoms with van der Waals surface area (Å²) in [6.07, 6.45) is 6.25. The minimum Gasteiger partial charge on any atom is -0.327 e. The van der Waals surface area contributed by atoms with Crippen molar-refractivity contribution < 1.29 is 4.79 Å². The Labute approximate surface area is 155 Å². The zero-order chi connectivity index (χ0) is 18.8. The predicted molar refractivity (Wildman–Crippen MR) is 97.9 cm³/mol. The second-order valence-electron chi connectivity index (χ2n) is 6.43. The van der Waals surface area contributed by atoms with Gasteiger partial charge in [0, 0.05) is 25.0 Å². The van der Waals surface area contributed by atoms with Crippen LogP contribution in [0, 0.1) is 6.92 Å². The zero-order valence-electron chi connectivity index (χ0n) is 14.8. The maximum atomic E-state index is 12.9. The van der Waals surface area contributed by atoms with Gasteiger partial charge >= 0.3 is 0 Å². The molecular weight excluding hydrogens is 344 g/mol. The number of rotatable bonds is 3. The number of pyridine rings is 1. The maximum absolute atomic E-state index is 12.9. The average molecular weight is 362 g/mol. The van der Waals surface area contributed by atoms with E-state index in [1.165, 1.54) is 12.3 Å². The second kappa shape index (κ2) is 7.06. The molecule has 8 nitrogen and oxygen atoms in total. The molecule has 136 valence electrons. The van der Waals surface area contributed by atoms with Gasteiger partial charge in [0.2, 0.25) is 0 Å². The van der Waals surface area contributed by atoms with Crippen molar-refractivity contribution in [1.82, 2.24) is 29.8 Å². The van der Waals surface area contributed by atoms with E-state index < -0.39 is 0 Å². The van der Waals surface area contributed by atoms with Crippen LogP contribution in [0.25, 0.3) is 11.4 Å². The zero-order valence-corrected chi connectivity index (χ0v) is 14.8. The lowest BCUT2D eigenvalue weighted by Gasteiger charge is -2.23. The normalized spacial score (nSPS) is 16.5. The van der Waals surface area contributed by atoms with E-state index in [9.17, 15) is 9.59 Å². The average Bonchev–Trinajstić information content (AvgIpc) is 3.18. The number of carbonyl (C=O) groups is 1. The number of aryl methyl sites for hydroxylation is 1. The number of hydrogen-bond acceptors (Lipinski definition) is 6. The third-order valence-corrected chi connectivity index (χ3v) is 4.52. The van der Waals surface area contributed by atoms with E-state index in [2.05, 4.69) is 24.9 Å². The fraction of sp³-hybridized carbons (Fsp3) is 0.263. The first-order valence-electron chi connectivity index (χ1n) is 8.74. The number of aromatic amines is 1. The Morgan fingerprint density at radius 2 is 2.07 bits per heavy atom. The minimum atomic E-state index is -0.308. The standard InChI is InChI=1S/C19H18N6O2/c1-12-10-22-15(11-21-12)19(27)25-8-4-6-16(25)18-23-14(9-17(26)24-18)13-5-2-3-7-20-13/h2-3,5,7,9-11,16H,4,6,8H2,1H3,(H,23,24,26)/t16-/m0/s1. The Hall–Kier alpha value is -3.42. The smallest absolute Gasteiger partial charge is 0.274 e. The fourth-order valence-electron chi connectivity index (χ4n) is 3.22. The van der Waals surface area contributed by atoms with Crippen LogP contribution in [-0.2, 0) is 0 Å². The van der Waals surface area contributed by atoms with Crippen molar-refractivity contribution in [2.24, 2.45) is 0 Å². The molecule has 8 heteroatoms. The fourth-order valence-corrected chi connectivity index (χ4v) is 3.22. The summed E-state index contributed by atoms with van der Waals surface area (Å²) >= 11 is 0. The number of amides is 1. The van der Waals surface area contributed by atoms with Crippen molar-refractivity contribution in [1.29, 1.82) is 0 Å². The Morgan fingerprint density at radius 3 is 2.81 bits per heavy atom. The number of aromatic nitrogens is 5. The van der Waals surface area contributed by atoms with Crippen LogP contribution in [0.1, 0.15) is 40.9 Å². The van der Waals surface area contributed by atoms with Crippen molar-refractivity contribution >= 4 is 5.91 Å². The first-order valence-corrected chi connectivity index (χ1v) is 8.74. The topological polar surface area (TPSA) is 105 Å². The molecule has 1 aliphatic heterocycles. The largest absolute Gasteiger partial charge is 0.327 e. The summed E-state index contributed by atoms with van der Waals surface area (Å²) in [4.78, 5) is 46.7. The van der Waals surface area contributed by atoms with E-state index in [0.717, 1.165) is 18.5 Å². The van der Waals surface area contributed by atoms with Gasteiger partial charge in [-0.3, -0.25) is 19.6 Å². The summed E-state index contributed by atoms with van der Waals surface area (Å²) in [7, 11) is 0. The molecule has 0 aliphatic carbocycles. The first kappa shape index (κ1) is 17.0. The molecule has 1 fully saturated rings. The number of nitrogens with zero attached hydrogens (tertiary/aromatic N) is 5. The second-order valence-corrected chi connectivity index (χ2v) is 6.43. The molecule has 27 heavy (non-hydrogen) atoms. The molecule has 1 N–H and O–H groups in total. The molecular formula is C19H18N6O2. The number of carbonyl (C=O) groups excluding carboxylic acids is 1. The van der Waals surface area contributed by atoms with Gasteiger partial charge in [-0.25, -0.2) is 9.97 Å². The molecule has 4 rings (SSSR count). The molecule has 0 bridgehead atoms. The quantitative estimate of drug-likeness (QED) is 0.763. The molecule has 0 aromatic carbocycles. The van der Waals surface area contributed by atoms with E-state index in [-0.39, 0.29) is 23.2 Å². The Kier molecular flexibility index (Phi) is 4.45.